The van der Waals surface area contributed by atoms with Gasteiger partial charge in [0.2, 0.25) is 5.76 Å². The van der Waals surface area contributed by atoms with Crippen molar-refractivity contribution < 1.29 is 14.0 Å². The fourth-order valence-corrected chi connectivity index (χ4v) is 3.06. The van der Waals surface area contributed by atoms with E-state index in [2.05, 4.69) is 12.2 Å². The van der Waals surface area contributed by atoms with Crippen molar-refractivity contribution in [2.75, 3.05) is 11.1 Å². The number of thioether (sulfide) groups is 1. The maximum atomic E-state index is 12.5. The second-order valence-corrected chi connectivity index (χ2v) is 6.42. The molecule has 1 aromatic heterocycles. The second-order valence-electron chi connectivity index (χ2n) is 5.08. The fraction of sp³-hybridized carbons (Fsp3) is 0.111. The van der Waals surface area contributed by atoms with Crippen molar-refractivity contribution in [3.05, 3.63) is 59.9 Å². The molecule has 0 atom stereocenters. The van der Waals surface area contributed by atoms with E-state index in [9.17, 15) is 9.59 Å². The van der Waals surface area contributed by atoms with Crippen molar-refractivity contribution in [1.82, 2.24) is 0 Å². The summed E-state index contributed by atoms with van der Waals surface area (Å²) in [4.78, 5) is 25.2. The highest BCUT2D eigenvalue weighted by Crippen LogP contribution is 2.31. The van der Waals surface area contributed by atoms with Gasteiger partial charge in [-0.15, -0.1) is 11.8 Å². The second kappa shape index (κ2) is 6.80. The monoisotopic (exact) mass is 340 g/mol. The number of carbonyl (C=O) groups excluding carboxylic acids is 2. The number of fused-ring (bicyclic) bond motifs is 1. The highest BCUT2D eigenvalue weighted by molar-refractivity contribution is 7.99. The van der Waals surface area contributed by atoms with E-state index in [0.29, 0.717) is 22.2 Å². The van der Waals surface area contributed by atoms with Crippen LogP contribution in [0.1, 0.15) is 27.8 Å². The molecule has 0 spiro atoms. The molecule has 0 aliphatic carbocycles. The van der Waals surface area contributed by atoms with E-state index in [4.69, 9.17) is 10.2 Å². The van der Waals surface area contributed by atoms with Gasteiger partial charge in [0.1, 0.15) is 11.3 Å². The van der Waals surface area contributed by atoms with Crippen molar-refractivity contribution in [3.63, 3.8) is 0 Å². The Kier molecular flexibility index (Phi) is 4.57. The summed E-state index contributed by atoms with van der Waals surface area (Å²) < 4.78 is 5.46. The van der Waals surface area contributed by atoms with Crippen LogP contribution in [0.15, 0.2) is 57.8 Å². The molecule has 1 heterocycles. The maximum Gasteiger partial charge on any atom is 0.286 e. The van der Waals surface area contributed by atoms with E-state index in [0.717, 1.165) is 10.6 Å². The van der Waals surface area contributed by atoms with E-state index in [1.807, 2.05) is 12.1 Å². The van der Waals surface area contributed by atoms with E-state index >= 15 is 0 Å². The maximum absolute atomic E-state index is 12.5. The van der Waals surface area contributed by atoms with E-state index in [1.165, 1.54) is 0 Å². The Bertz CT molecular complexity index is 900. The number of benzene rings is 2. The molecule has 6 heteroatoms. The molecule has 0 fully saturated rings. The van der Waals surface area contributed by atoms with Gasteiger partial charge in [-0.05, 0) is 42.2 Å². The number of hydrogen-bond donors (Lipinski definition) is 2. The molecule has 5 nitrogen and oxygen atoms in total. The van der Waals surface area contributed by atoms with Gasteiger partial charge >= 0.3 is 0 Å². The van der Waals surface area contributed by atoms with Crippen LogP contribution >= 0.6 is 11.8 Å². The first kappa shape index (κ1) is 16.1. The predicted octanol–water partition coefficient (Wildman–Crippen LogP) is 3.90. The van der Waals surface area contributed by atoms with Crippen molar-refractivity contribution in [3.8, 4) is 0 Å². The summed E-state index contributed by atoms with van der Waals surface area (Å²) in [5, 5.41) is 3.38. The summed E-state index contributed by atoms with van der Waals surface area (Å²) in [6.45, 7) is 2.07. The van der Waals surface area contributed by atoms with Crippen molar-refractivity contribution in [2.45, 2.75) is 11.8 Å². The van der Waals surface area contributed by atoms with Crippen LogP contribution in [0.2, 0.25) is 0 Å². The molecule has 0 unspecified atom stereocenters. The highest BCUT2D eigenvalue weighted by Gasteiger charge is 2.20. The quantitative estimate of drug-likeness (QED) is 0.690. The topological polar surface area (TPSA) is 85.3 Å². The Balaban J connectivity index is 1.92. The minimum absolute atomic E-state index is 0.0530. The number of para-hydroxylation sites is 1. The van der Waals surface area contributed by atoms with Gasteiger partial charge in [0.25, 0.3) is 11.8 Å². The highest BCUT2D eigenvalue weighted by atomic mass is 32.2. The number of rotatable bonds is 5. The molecule has 24 heavy (non-hydrogen) atoms. The molecule has 2 amide bonds. The minimum Gasteiger partial charge on any atom is -0.449 e. The summed E-state index contributed by atoms with van der Waals surface area (Å²) in [5.41, 5.74) is 6.65. The summed E-state index contributed by atoms with van der Waals surface area (Å²) in [6.07, 6.45) is 0. The molecule has 0 radical (unpaired) electrons. The third-order valence-corrected chi connectivity index (χ3v) is 4.38. The van der Waals surface area contributed by atoms with Crippen LogP contribution in [0.3, 0.4) is 0 Å². The molecule has 3 rings (SSSR count). The lowest BCUT2D eigenvalue weighted by atomic mass is 10.2. The van der Waals surface area contributed by atoms with Gasteiger partial charge in [0.05, 0.1) is 0 Å². The number of anilines is 1. The predicted molar refractivity (Wildman–Crippen MR) is 95.5 cm³/mol. The minimum atomic E-state index is -0.726. The van der Waals surface area contributed by atoms with Crippen molar-refractivity contribution in [1.29, 1.82) is 0 Å². The van der Waals surface area contributed by atoms with E-state index in [-0.39, 0.29) is 11.7 Å². The standard InChI is InChI=1S/C18H16N2O3S/c1-2-24-12-9-7-11(8-10-12)18(22)20-15-13-5-3-4-6-14(13)23-16(15)17(19)21/h3-10H,2H2,1H3,(H2,19,21)(H,20,22). The molecule has 3 N–H and O–H groups in total. The van der Waals surface area contributed by atoms with Crippen LogP contribution in [-0.2, 0) is 0 Å². The molecule has 0 aliphatic rings. The van der Waals surface area contributed by atoms with Gasteiger partial charge in [-0.25, -0.2) is 0 Å². The fourth-order valence-electron chi connectivity index (χ4n) is 2.40. The number of primary amides is 1. The first-order valence-electron chi connectivity index (χ1n) is 7.45. The van der Waals surface area contributed by atoms with Gasteiger partial charge in [-0.3, -0.25) is 9.59 Å². The summed E-state index contributed by atoms with van der Waals surface area (Å²) >= 11 is 1.70. The SMILES string of the molecule is CCSc1ccc(C(=O)Nc2c(C(N)=O)oc3ccccc23)cc1. The van der Waals surface area contributed by atoms with Gasteiger partial charge in [0, 0.05) is 15.8 Å². The molecule has 122 valence electrons. The van der Waals surface area contributed by atoms with Gasteiger partial charge in [-0.1, -0.05) is 19.1 Å². The average Bonchev–Trinajstić information content (AvgIpc) is 2.95. The Morgan fingerprint density at radius 2 is 1.83 bits per heavy atom. The zero-order chi connectivity index (χ0) is 17.1. The largest absolute Gasteiger partial charge is 0.449 e. The molecular formula is C18H16N2O3S. The number of furan rings is 1. The van der Waals surface area contributed by atoms with Crippen LogP contribution in [0.25, 0.3) is 11.0 Å². The Morgan fingerprint density at radius 3 is 2.50 bits per heavy atom. The average molecular weight is 340 g/mol. The third-order valence-electron chi connectivity index (χ3n) is 3.49. The molecule has 0 saturated heterocycles. The normalized spacial score (nSPS) is 10.7. The summed E-state index contributed by atoms with van der Waals surface area (Å²) in [7, 11) is 0. The Morgan fingerprint density at radius 1 is 1.12 bits per heavy atom. The Hall–Kier alpha value is -2.73. The van der Waals surface area contributed by atoms with Crippen molar-refractivity contribution in [2.24, 2.45) is 5.73 Å². The lowest BCUT2D eigenvalue weighted by Gasteiger charge is -2.06. The number of amides is 2. The van der Waals surface area contributed by atoms with Crippen LogP contribution in [0.5, 0.6) is 0 Å². The molecular weight excluding hydrogens is 324 g/mol. The smallest absolute Gasteiger partial charge is 0.286 e. The number of nitrogens with two attached hydrogens (primary N) is 1. The van der Waals surface area contributed by atoms with Crippen LogP contribution in [0, 0.1) is 0 Å². The summed E-state index contributed by atoms with van der Waals surface area (Å²) in [6, 6.07) is 14.4. The zero-order valence-electron chi connectivity index (χ0n) is 13.0. The van der Waals surface area contributed by atoms with Crippen LogP contribution in [0.4, 0.5) is 5.69 Å². The lowest BCUT2D eigenvalue weighted by molar-refractivity contribution is 0.0977. The van der Waals surface area contributed by atoms with Crippen LogP contribution in [-0.4, -0.2) is 17.6 Å². The zero-order valence-corrected chi connectivity index (χ0v) is 13.9. The van der Waals surface area contributed by atoms with Gasteiger partial charge in [-0.2, -0.15) is 0 Å². The molecule has 0 bridgehead atoms. The Labute approximate surface area is 143 Å². The van der Waals surface area contributed by atoms with Gasteiger partial charge < -0.3 is 15.5 Å². The van der Waals surface area contributed by atoms with Crippen LogP contribution < -0.4 is 11.1 Å². The van der Waals surface area contributed by atoms with Crippen molar-refractivity contribution >= 4 is 40.2 Å². The third kappa shape index (κ3) is 3.14. The first-order chi connectivity index (χ1) is 11.6. The number of nitrogens with one attached hydrogen (secondary N) is 1. The number of carbonyl (C=O) groups is 2. The first-order valence-corrected chi connectivity index (χ1v) is 8.44. The lowest BCUT2D eigenvalue weighted by Crippen LogP contribution is -2.17. The van der Waals surface area contributed by atoms with E-state index < -0.39 is 5.91 Å². The number of hydrogen-bond acceptors (Lipinski definition) is 4. The summed E-state index contributed by atoms with van der Waals surface area (Å²) in [5.74, 6) is -0.134. The molecule has 0 aliphatic heterocycles. The molecule has 3 aromatic rings. The van der Waals surface area contributed by atoms with Gasteiger partial charge in [0.15, 0.2) is 0 Å². The van der Waals surface area contributed by atoms with E-state index in [1.54, 1.807) is 48.2 Å². The molecule has 0 saturated carbocycles. The molecule has 2 aromatic carbocycles.